The molecular formula is C45H80Cl2N6O4. The summed E-state index contributed by atoms with van der Waals surface area (Å²) in [5.74, 6) is -1.12. The summed E-state index contributed by atoms with van der Waals surface area (Å²) in [5.41, 5.74) is -2.55. The zero-order chi connectivity index (χ0) is 46.0. The Morgan fingerprint density at radius 3 is 0.895 bits per heavy atom. The van der Waals surface area contributed by atoms with Crippen LogP contribution in [0.4, 0.5) is 17.8 Å². The van der Waals surface area contributed by atoms with E-state index in [0.717, 1.165) is 0 Å². The summed E-state index contributed by atoms with van der Waals surface area (Å²) in [7, 11) is 0. The highest BCUT2D eigenvalue weighted by Crippen LogP contribution is 2.65. The van der Waals surface area contributed by atoms with Gasteiger partial charge in [-0.25, -0.2) is 0 Å². The van der Waals surface area contributed by atoms with Gasteiger partial charge in [-0.05, 0) is 93.2 Å². The monoisotopic (exact) mass is 839 g/mol. The number of carbonyl (C=O) groups is 4. The van der Waals surface area contributed by atoms with Crippen LogP contribution < -0.4 is 16.4 Å². The van der Waals surface area contributed by atoms with Gasteiger partial charge in [-0.1, -0.05) is 152 Å². The summed E-state index contributed by atoms with van der Waals surface area (Å²) < 4.78 is 0. The first-order valence-electron chi connectivity index (χ1n) is 20.2. The summed E-state index contributed by atoms with van der Waals surface area (Å²) >= 11 is 12.6. The Hall–Kier alpha value is -2.33. The molecule has 328 valence electrons. The van der Waals surface area contributed by atoms with Gasteiger partial charge in [0.1, 0.15) is 0 Å². The van der Waals surface area contributed by atoms with Crippen molar-refractivity contribution in [2.75, 3.05) is 16.4 Å². The maximum absolute atomic E-state index is 14.8. The van der Waals surface area contributed by atoms with Crippen LogP contribution in [-0.2, 0) is 19.2 Å². The van der Waals surface area contributed by atoms with Crippen LogP contribution in [-0.4, -0.2) is 37.3 Å². The third-order valence-corrected chi connectivity index (χ3v) is 17.5. The van der Waals surface area contributed by atoms with Crippen LogP contribution in [0.25, 0.3) is 0 Å². The van der Waals surface area contributed by atoms with Gasteiger partial charge in [0, 0.05) is 10.8 Å². The molecule has 57 heavy (non-hydrogen) atoms. The summed E-state index contributed by atoms with van der Waals surface area (Å²) in [4.78, 5) is 68.8. The Labute approximate surface area is 356 Å². The molecule has 0 fully saturated rings. The molecule has 0 bridgehead atoms. The number of anilines is 3. The lowest BCUT2D eigenvalue weighted by Gasteiger charge is -2.60. The molecule has 4 unspecified atom stereocenters. The van der Waals surface area contributed by atoms with Gasteiger partial charge < -0.3 is 5.73 Å². The number of hydrogen-bond acceptors (Lipinski definition) is 8. The Kier molecular flexibility index (Phi) is 14.4. The van der Waals surface area contributed by atoms with Crippen LogP contribution in [0.3, 0.4) is 0 Å². The van der Waals surface area contributed by atoms with Crippen molar-refractivity contribution in [2.24, 2.45) is 65.0 Å². The molecule has 12 heteroatoms. The summed E-state index contributed by atoms with van der Waals surface area (Å²) in [6, 6.07) is 0. The first-order chi connectivity index (χ1) is 24.7. The summed E-state index contributed by atoms with van der Waals surface area (Å²) in [6.45, 7) is 48.3. The Bertz CT molecular complexity index is 1590. The molecule has 0 aromatic carbocycles. The van der Waals surface area contributed by atoms with Crippen molar-refractivity contribution in [3.8, 4) is 0 Å². The summed E-state index contributed by atoms with van der Waals surface area (Å²) in [6.07, 6.45) is 0.841. The minimum absolute atomic E-state index is 0.110. The number of nitrogen functional groups attached to an aromatic ring is 1. The standard InChI is InChI=1S/C45H80Cl2N6O4/c1-34(2,3)42(21,27(46)54)25-38(13,14)40(17,18)44(23,36(7,8)9)29(56)49-32-51-31(48)52-33(53-32)50-30(57)45(24,37(10,11)12)41(19,20)39(15,16)26-43(22,28(47)55)35(4,5)6/h25-26H2,1-24H3,(H4,48,49,50,51,52,53,56,57). The number of nitrogens with two attached hydrogens (primary N) is 1. The van der Waals surface area contributed by atoms with E-state index in [9.17, 15) is 19.2 Å². The third kappa shape index (κ3) is 9.07. The van der Waals surface area contributed by atoms with E-state index in [2.05, 4.69) is 81.0 Å². The highest BCUT2D eigenvalue weighted by Gasteiger charge is 2.64. The molecule has 1 heterocycles. The fourth-order valence-corrected chi connectivity index (χ4v) is 9.60. The molecule has 0 aliphatic carbocycles. The SMILES string of the molecule is CC(C)(C)C(C)(CC(C)(C)C(C)(C)C(C)(C(=O)Nc1nc(N)nc(NC(=O)C(C)(C(C)(C)C)C(C)(C)C(C)(C)CC(C)(C(=O)Cl)C(C)(C)C)n1)C(C)(C)C)C(=O)Cl. The van der Waals surface area contributed by atoms with Crippen LogP contribution in [0.5, 0.6) is 0 Å². The maximum Gasteiger partial charge on any atom is 0.236 e. The highest BCUT2D eigenvalue weighted by atomic mass is 35.5. The fourth-order valence-electron chi connectivity index (χ4n) is 8.90. The molecule has 0 aliphatic heterocycles. The minimum Gasteiger partial charge on any atom is -0.368 e. The normalized spacial score (nSPS) is 18.4. The lowest BCUT2D eigenvalue weighted by molar-refractivity contribution is -0.161. The molecule has 2 amide bonds. The van der Waals surface area contributed by atoms with E-state index in [1.807, 2.05) is 111 Å². The Morgan fingerprint density at radius 1 is 0.456 bits per heavy atom. The number of nitrogens with zero attached hydrogens (tertiary/aromatic N) is 3. The van der Waals surface area contributed by atoms with E-state index in [4.69, 9.17) is 28.9 Å². The molecule has 4 atom stereocenters. The zero-order valence-corrected chi connectivity index (χ0v) is 41.7. The predicted octanol–water partition coefficient (Wildman–Crippen LogP) is 12.0. The van der Waals surface area contributed by atoms with Gasteiger partial charge in [0.25, 0.3) is 0 Å². The second-order valence-corrected chi connectivity index (χ2v) is 24.8. The fraction of sp³-hybridized carbons (Fsp3) is 0.844. The van der Waals surface area contributed by atoms with E-state index in [-0.39, 0.29) is 29.7 Å². The minimum atomic E-state index is -1.09. The number of rotatable bonds is 14. The largest absolute Gasteiger partial charge is 0.368 e. The van der Waals surface area contributed by atoms with E-state index in [1.165, 1.54) is 0 Å². The maximum atomic E-state index is 14.8. The molecule has 0 radical (unpaired) electrons. The van der Waals surface area contributed by atoms with Crippen molar-refractivity contribution >= 4 is 63.3 Å². The molecule has 1 aromatic rings. The van der Waals surface area contributed by atoms with Gasteiger partial charge in [-0.2, -0.15) is 15.0 Å². The molecule has 1 aromatic heterocycles. The van der Waals surface area contributed by atoms with Gasteiger partial charge in [0.2, 0.25) is 40.1 Å². The number of carbonyl (C=O) groups excluding carboxylic acids is 4. The van der Waals surface area contributed by atoms with Crippen LogP contribution >= 0.6 is 23.2 Å². The van der Waals surface area contributed by atoms with Gasteiger partial charge in [-0.15, -0.1) is 0 Å². The molecule has 10 nitrogen and oxygen atoms in total. The average Bonchev–Trinajstić information content (AvgIpc) is 2.96. The third-order valence-electron chi connectivity index (χ3n) is 16.7. The first-order valence-corrected chi connectivity index (χ1v) is 21.0. The lowest BCUT2D eigenvalue weighted by Crippen LogP contribution is -2.60. The molecular weight excluding hydrogens is 759 g/mol. The smallest absolute Gasteiger partial charge is 0.236 e. The van der Waals surface area contributed by atoms with Crippen LogP contribution in [0.15, 0.2) is 0 Å². The van der Waals surface area contributed by atoms with Crippen LogP contribution in [0.1, 0.15) is 179 Å². The molecule has 0 spiro atoms. The Morgan fingerprint density at radius 2 is 0.702 bits per heavy atom. The molecule has 1 rings (SSSR count). The topological polar surface area (TPSA) is 157 Å². The molecule has 0 saturated heterocycles. The highest BCUT2D eigenvalue weighted by molar-refractivity contribution is 6.65. The van der Waals surface area contributed by atoms with E-state index in [1.54, 1.807) is 0 Å². The van der Waals surface area contributed by atoms with Crippen molar-refractivity contribution in [1.82, 2.24) is 15.0 Å². The van der Waals surface area contributed by atoms with Crippen molar-refractivity contribution in [3.63, 3.8) is 0 Å². The summed E-state index contributed by atoms with van der Waals surface area (Å²) in [5, 5.41) is 5.05. The van der Waals surface area contributed by atoms with E-state index >= 15 is 0 Å². The number of nitrogens with one attached hydrogen (secondary N) is 2. The lowest BCUT2D eigenvalue weighted by atomic mass is 9.44. The number of hydrogen-bond donors (Lipinski definition) is 3. The van der Waals surface area contributed by atoms with Gasteiger partial charge >= 0.3 is 0 Å². The molecule has 0 saturated carbocycles. The zero-order valence-electron chi connectivity index (χ0n) is 40.2. The van der Waals surface area contributed by atoms with Gasteiger partial charge in [0.05, 0.1) is 10.8 Å². The van der Waals surface area contributed by atoms with Gasteiger partial charge in [-0.3, -0.25) is 29.8 Å². The van der Waals surface area contributed by atoms with Crippen molar-refractivity contribution in [1.29, 1.82) is 0 Å². The van der Waals surface area contributed by atoms with Crippen molar-refractivity contribution in [3.05, 3.63) is 0 Å². The second-order valence-electron chi connectivity index (χ2n) is 24.1. The quantitative estimate of drug-likeness (QED) is 0.156. The average molecular weight is 840 g/mol. The number of aromatic nitrogens is 3. The molecule has 4 N–H and O–H groups in total. The molecule has 0 aliphatic rings. The first kappa shape index (κ1) is 52.7. The van der Waals surface area contributed by atoms with E-state index < -0.39 is 75.5 Å². The Balaban J connectivity index is 3.84. The van der Waals surface area contributed by atoms with Crippen LogP contribution in [0, 0.1) is 65.0 Å². The van der Waals surface area contributed by atoms with Crippen LogP contribution in [0.2, 0.25) is 0 Å². The predicted molar refractivity (Wildman–Crippen MR) is 238 cm³/mol. The van der Waals surface area contributed by atoms with Crippen molar-refractivity contribution in [2.45, 2.75) is 179 Å². The van der Waals surface area contributed by atoms with Crippen molar-refractivity contribution < 1.29 is 19.2 Å². The number of amides is 2. The van der Waals surface area contributed by atoms with Gasteiger partial charge in [0.15, 0.2) is 0 Å². The second kappa shape index (κ2) is 15.6. The van der Waals surface area contributed by atoms with E-state index in [0.29, 0.717) is 12.8 Å². The number of halogens is 2.